The van der Waals surface area contributed by atoms with Gasteiger partial charge in [-0.25, -0.2) is 0 Å². The minimum absolute atomic E-state index is 0.547. The van der Waals surface area contributed by atoms with Crippen molar-refractivity contribution >= 4 is 5.71 Å². The van der Waals surface area contributed by atoms with Crippen molar-refractivity contribution < 1.29 is 0 Å². The lowest BCUT2D eigenvalue weighted by atomic mass is 9.94. The molecule has 19 heavy (non-hydrogen) atoms. The zero-order chi connectivity index (χ0) is 15.3. The fourth-order valence-corrected chi connectivity index (χ4v) is 1.72. The van der Waals surface area contributed by atoms with Crippen LogP contribution in [-0.2, 0) is 6.42 Å². The van der Waals surface area contributed by atoms with Crippen LogP contribution < -0.4 is 5.73 Å². The molecule has 0 fully saturated rings. The van der Waals surface area contributed by atoms with Crippen LogP contribution in [0.1, 0.15) is 45.7 Å². The molecule has 0 radical (unpaired) electrons. The van der Waals surface area contributed by atoms with Crippen molar-refractivity contribution in [2.75, 3.05) is 13.6 Å². The van der Waals surface area contributed by atoms with E-state index in [1.807, 2.05) is 13.8 Å². The first-order valence-corrected chi connectivity index (χ1v) is 7.28. The summed E-state index contributed by atoms with van der Waals surface area (Å²) in [4.78, 5) is 4.47. The standard InChI is InChI=1S/C14H21N.C2H6.CH5N/c1-5-15-13(4)12(3)10-14-9-7-6-8-11(14)2;2*1-2/h6-9,12H,5,10H2,1-4H3;1-2H3;2H2,1H3. The number of benzene rings is 1. The summed E-state index contributed by atoms with van der Waals surface area (Å²) >= 11 is 0. The fourth-order valence-electron chi connectivity index (χ4n) is 1.72. The Bertz CT molecular complexity index is 343. The number of aryl methyl sites for hydroxylation is 1. The van der Waals surface area contributed by atoms with E-state index in [2.05, 4.69) is 62.7 Å². The highest BCUT2D eigenvalue weighted by Gasteiger charge is 2.07. The van der Waals surface area contributed by atoms with Gasteiger partial charge >= 0.3 is 0 Å². The largest absolute Gasteiger partial charge is 0.333 e. The Morgan fingerprint density at radius 3 is 2.21 bits per heavy atom. The Morgan fingerprint density at radius 1 is 1.21 bits per heavy atom. The smallest absolute Gasteiger partial charge is 0.0360 e. The highest BCUT2D eigenvalue weighted by atomic mass is 14.7. The molecule has 0 bridgehead atoms. The van der Waals surface area contributed by atoms with Gasteiger partial charge in [0.1, 0.15) is 0 Å². The van der Waals surface area contributed by atoms with E-state index in [0.717, 1.165) is 13.0 Å². The lowest BCUT2D eigenvalue weighted by Crippen LogP contribution is -2.11. The molecule has 1 aromatic carbocycles. The van der Waals surface area contributed by atoms with E-state index in [-0.39, 0.29) is 0 Å². The normalized spacial score (nSPS) is 11.7. The van der Waals surface area contributed by atoms with E-state index in [9.17, 15) is 0 Å². The Kier molecular flexibility index (Phi) is 14.1. The van der Waals surface area contributed by atoms with Crippen molar-refractivity contribution in [1.82, 2.24) is 0 Å². The van der Waals surface area contributed by atoms with Gasteiger partial charge in [-0.2, -0.15) is 0 Å². The molecule has 1 atom stereocenters. The number of rotatable bonds is 4. The maximum atomic E-state index is 4.50. The fraction of sp³-hybridized carbons (Fsp3) is 0.588. The first-order chi connectivity index (χ1) is 9.15. The number of hydrogen-bond donors (Lipinski definition) is 1. The molecule has 110 valence electrons. The molecule has 2 nitrogen and oxygen atoms in total. The van der Waals surface area contributed by atoms with Crippen LogP contribution in [0.3, 0.4) is 0 Å². The highest BCUT2D eigenvalue weighted by molar-refractivity contribution is 5.84. The van der Waals surface area contributed by atoms with Crippen LogP contribution in [0.25, 0.3) is 0 Å². The third kappa shape index (κ3) is 8.55. The monoisotopic (exact) mass is 264 g/mol. The molecular formula is C17H32N2. The van der Waals surface area contributed by atoms with Gasteiger partial charge in [0.15, 0.2) is 0 Å². The summed E-state index contributed by atoms with van der Waals surface area (Å²) in [6.45, 7) is 13.5. The summed E-state index contributed by atoms with van der Waals surface area (Å²) in [6, 6.07) is 8.59. The molecule has 1 rings (SSSR count). The van der Waals surface area contributed by atoms with Gasteiger partial charge in [0.05, 0.1) is 0 Å². The average molecular weight is 264 g/mol. The Hall–Kier alpha value is -1.15. The van der Waals surface area contributed by atoms with Gasteiger partial charge in [-0.1, -0.05) is 45.0 Å². The lowest BCUT2D eigenvalue weighted by molar-refractivity contribution is 0.754. The zero-order valence-corrected chi connectivity index (χ0v) is 13.8. The van der Waals surface area contributed by atoms with Crippen molar-refractivity contribution in [1.29, 1.82) is 0 Å². The first-order valence-electron chi connectivity index (χ1n) is 7.28. The van der Waals surface area contributed by atoms with Crippen molar-refractivity contribution in [3.05, 3.63) is 35.4 Å². The SMILES string of the molecule is CC.CCN=C(C)C(C)Cc1ccccc1C.CN. The van der Waals surface area contributed by atoms with Crippen LogP contribution in [0.15, 0.2) is 29.3 Å². The maximum Gasteiger partial charge on any atom is 0.0360 e. The predicted molar refractivity (Wildman–Crippen MR) is 89.2 cm³/mol. The van der Waals surface area contributed by atoms with Gasteiger partial charge in [-0.05, 0) is 51.3 Å². The molecule has 2 N–H and O–H groups in total. The number of aliphatic imine (C=N–C) groups is 1. The van der Waals surface area contributed by atoms with E-state index in [4.69, 9.17) is 0 Å². The summed E-state index contributed by atoms with van der Waals surface area (Å²) < 4.78 is 0. The summed E-state index contributed by atoms with van der Waals surface area (Å²) in [6.07, 6.45) is 1.10. The van der Waals surface area contributed by atoms with Crippen molar-refractivity contribution in [3.8, 4) is 0 Å². The quantitative estimate of drug-likeness (QED) is 0.811. The molecule has 0 aliphatic rings. The van der Waals surface area contributed by atoms with E-state index in [1.165, 1.54) is 23.9 Å². The minimum atomic E-state index is 0.547. The Morgan fingerprint density at radius 2 is 1.74 bits per heavy atom. The van der Waals surface area contributed by atoms with Crippen LogP contribution in [0.4, 0.5) is 0 Å². The predicted octanol–water partition coefficient (Wildman–Crippen LogP) is 4.26. The van der Waals surface area contributed by atoms with Gasteiger partial charge in [0.25, 0.3) is 0 Å². The minimum Gasteiger partial charge on any atom is -0.333 e. The van der Waals surface area contributed by atoms with E-state index < -0.39 is 0 Å². The summed E-state index contributed by atoms with van der Waals surface area (Å²) in [5, 5.41) is 0. The summed E-state index contributed by atoms with van der Waals surface area (Å²) in [5.74, 6) is 0.547. The van der Waals surface area contributed by atoms with Crippen molar-refractivity contribution in [3.63, 3.8) is 0 Å². The van der Waals surface area contributed by atoms with Gasteiger partial charge in [-0.3, -0.25) is 4.99 Å². The Balaban J connectivity index is 0. The maximum absolute atomic E-state index is 4.50. The number of hydrogen-bond acceptors (Lipinski definition) is 2. The first kappa shape index (κ1) is 20.2. The second kappa shape index (κ2) is 13.3. The zero-order valence-electron chi connectivity index (χ0n) is 13.8. The lowest BCUT2D eigenvalue weighted by Gasteiger charge is -2.13. The van der Waals surface area contributed by atoms with Gasteiger partial charge < -0.3 is 5.73 Å². The van der Waals surface area contributed by atoms with E-state index >= 15 is 0 Å². The van der Waals surface area contributed by atoms with Gasteiger partial charge in [0.2, 0.25) is 0 Å². The van der Waals surface area contributed by atoms with Crippen LogP contribution in [0.2, 0.25) is 0 Å². The van der Waals surface area contributed by atoms with Crippen molar-refractivity contribution in [2.45, 2.75) is 48.0 Å². The average Bonchev–Trinajstić information content (AvgIpc) is 2.46. The van der Waals surface area contributed by atoms with Gasteiger partial charge in [0, 0.05) is 12.3 Å². The molecule has 0 spiro atoms. The van der Waals surface area contributed by atoms with Gasteiger partial charge in [-0.15, -0.1) is 0 Å². The molecule has 0 aromatic heterocycles. The van der Waals surface area contributed by atoms with Crippen LogP contribution in [0, 0.1) is 12.8 Å². The number of nitrogens with two attached hydrogens (primary N) is 1. The molecule has 0 aliphatic heterocycles. The third-order valence-electron chi connectivity index (χ3n) is 2.91. The van der Waals surface area contributed by atoms with Crippen LogP contribution in [-0.4, -0.2) is 19.3 Å². The molecule has 2 heteroatoms. The molecule has 0 saturated heterocycles. The molecule has 0 heterocycles. The Labute approximate surface area is 120 Å². The molecule has 1 aromatic rings. The van der Waals surface area contributed by atoms with Crippen LogP contribution >= 0.6 is 0 Å². The second-order valence-electron chi connectivity index (χ2n) is 4.15. The number of nitrogens with zero attached hydrogens (tertiary/aromatic N) is 1. The highest BCUT2D eigenvalue weighted by Crippen LogP contribution is 2.14. The topological polar surface area (TPSA) is 38.4 Å². The summed E-state index contributed by atoms with van der Waals surface area (Å²) in [5.41, 5.74) is 8.59. The molecule has 0 saturated carbocycles. The van der Waals surface area contributed by atoms with Crippen LogP contribution in [0.5, 0.6) is 0 Å². The molecule has 1 unspecified atom stereocenters. The molecule has 0 amide bonds. The second-order valence-corrected chi connectivity index (χ2v) is 4.15. The van der Waals surface area contributed by atoms with E-state index in [0.29, 0.717) is 5.92 Å². The molecule has 0 aliphatic carbocycles. The summed E-state index contributed by atoms with van der Waals surface area (Å²) in [7, 11) is 1.50. The van der Waals surface area contributed by atoms with E-state index in [1.54, 1.807) is 0 Å². The molecular weight excluding hydrogens is 232 g/mol. The third-order valence-corrected chi connectivity index (χ3v) is 2.91. The van der Waals surface area contributed by atoms with Crippen molar-refractivity contribution in [2.24, 2.45) is 16.6 Å².